The Morgan fingerprint density at radius 2 is 2.00 bits per heavy atom. The molecule has 0 heterocycles. The van der Waals surface area contributed by atoms with E-state index in [1.54, 1.807) is 12.3 Å². The Balaban J connectivity index is 2.11. The molecule has 2 aromatic carbocycles. The summed E-state index contributed by atoms with van der Waals surface area (Å²) in [7, 11) is 0. The summed E-state index contributed by atoms with van der Waals surface area (Å²) >= 11 is 5.98. The normalized spacial score (nSPS) is 10.6. The first-order valence-electron chi connectivity index (χ1n) is 6.06. The predicted molar refractivity (Wildman–Crippen MR) is 80.3 cm³/mol. The fourth-order valence-corrected chi connectivity index (χ4v) is 1.78. The van der Waals surface area contributed by atoms with Crippen molar-refractivity contribution < 1.29 is 4.74 Å². The average molecular weight is 275 g/mol. The SMILES string of the molecule is CCOc1ccc(Cl)cc1/C=N\Nc1ccccc1. The fourth-order valence-electron chi connectivity index (χ4n) is 1.60. The highest BCUT2D eigenvalue weighted by Gasteiger charge is 2.01. The van der Waals surface area contributed by atoms with Crippen molar-refractivity contribution in [2.45, 2.75) is 6.92 Å². The summed E-state index contributed by atoms with van der Waals surface area (Å²) in [5.74, 6) is 0.769. The van der Waals surface area contributed by atoms with Gasteiger partial charge in [0, 0.05) is 10.6 Å². The molecule has 0 atom stereocenters. The van der Waals surface area contributed by atoms with E-state index in [1.807, 2.05) is 49.4 Å². The van der Waals surface area contributed by atoms with Crippen molar-refractivity contribution in [2.24, 2.45) is 5.10 Å². The Morgan fingerprint density at radius 1 is 1.21 bits per heavy atom. The van der Waals surface area contributed by atoms with Crippen molar-refractivity contribution in [3.8, 4) is 5.75 Å². The zero-order chi connectivity index (χ0) is 13.5. The smallest absolute Gasteiger partial charge is 0.128 e. The van der Waals surface area contributed by atoms with Gasteiger partial charge in [-0.05, 0) is 37.3 Å². The van der Waals surface area contributed by atoms with Gasteiger partial charge in [0.25, 0.3) is 0 Å². The van der Waals surface area contributed by atoms with E-state index in [9.17, 15) is 0 Å². The molecule has 1 N–H and O–H groups in total. The van der Waals surface area contributed by atoms with Gasteiger partial charge >= 0.3 is 0 Å². The van der Waals surface area contributed by atoms with Crippen LogP contribution in [0, 0.1) is 0 Å². The van der Waals surface area contributed by atoms with Crippen LogP contribution in [0.1, 0.15) is 12.5 Å². The van der Waals surface area contributed by atoms with Gasteiger partial charge in [-0.25, -0.2) is 0 Å². The largest absolute Gasteiger partial charge is 0.493 e. The molecule has 0 radical (unpaired) electrons. The molecule has 98 valence electrons. The van der Waals surface area contributed by atoms with Crippen molar-refractivity contribution in [2.75, 3.05) is 12.0 Å². The third-order valence-corrected chi connectivity index (χ3v) is 2.68. The highest BCUT2D eigenvalue weighted by atomic mass is 35.5. The zero-order valence-electron chi connectivity index (χ0n) is 10.6. The lowest BCUT2D eigenvalue weighted by Gasteiger charge is -2.07. The van der Waals surface area contributed by atoms with Gasteiger partial charge < -0.3 is 4.74 Å². The van der Waals surface area contributed by atoms with Crippen LogP contribution in [0.5, 0.6) is 5.75 Å². The summed E-state index contributed by atoms with van der Waals surface area (Å²) in [5, 5.41) is 4.84. The number of halogens is 1. The minimum absolute atomic E-state index is 0.606. The number of nitrogens with one attached hydrogen (secondary N) is 1. The van der Waals surface area contributed by atoms with E-state index >= 15 is 0 Å². The van der Waals surface area contributed by atoms with E-state index in [0.29, 0.717) is 11.6 Å². The highest BCUT2D eigenvalue weighted by molar-refractivity contribution is 6.30. The first kappa shape index (κ1) is 13.4. The van der Waals surface area contributed by atoms with Gasteiger partial charge in [0.05, 0.1) is 18.5 Å². The first-order chi connectivity index (χ1) is 9.29. The zero-order valence-corrected chi connectivity index (χ0v) is 11.4. The van der Waals surface area contributed by atoms with Crippen molar-refractivity contribution >= 4 is 23.5 Å². The number of hydrogen-bond acceptors (Lipinski definition) is 3. The van der Waals surface area contributed by atoms with Crippen molar-refractivity contribution in [3.05, 3.63) is 59.1 Å². The first-order valence-corrected chi connectivity index (χ1v) is 6.44. The summed E-state index contributed by atoms with van der Waals surface area (Å²) in [4.78, 5) is 0. The van der Waals surface area contributed by atoms with Crippen LogP contribution in [0.4, 0.5) is 5.69 Å². The number of anilines is 1. The molecular weight excluding hydrogens is 260 g/mol. The lowest BCUT2D eigenvalue weighted by molar-refractivity contribution is 0.340. The lowest BCUT2D eigenvalue weighted by Crippen LogP contribution is -1.97. The van der Waals surface area contributed by atoms with Gasteiger partial charge in [-0.1, -0.05) is 29.8 Å². The van der Waals surface area contributed by atoms with Gasteiger partial charge in [-0.15, -0.1) is 0 Å². The molecule has 0 spiro atoms. The number of hydrogen-bond donors (Lipinski definition) is 1. The molecule has 0 aromatic heterocycles. The van der Waals surface area contributed by atoms with E-state index in [4.69, 9.17) is 16.3 Å². The second-order valence-electron chi connectivity index (χ2n) is 3.85. The van der Waals surface area contributed by atoms with Crippen LogP contribution in [-0.4, -0.2) is 12.8 Å². The van der Waals surface area contributed by atoms with Crippen LogP contribution in [0.3, 0.4) is 0 Å². The summed E-state index contributed by atoms with van der Waals surface area (Å²) in [6.07, 6.45) is 1.70. The second-order valence-corrected chi connectivity index (χ2v) is 4.29. The van der Waals surface area contributed by atoms with Gasteiger partial charge in [-0.3, -0.25) is 5.43 Å². The van der Waals surface area contributed by atoms with Gasteiger partial charge in [0.15, 0.2) is 0 Å². The van der Waals surface area contributed by atoms with Crippen LogP contribution in [0.2, 0.25) is 5.02 Å². The summed E-state index contributed by atoms with van der Waals surface area (Å²) in [5.41, 5.74) is 4.73. The Hall–Kier alpha value is -2.00. The number of nitrogens with zero attached hydrogens (tertiary/aromatic N) is 1. The number of benzene rings is 2. The molecule has 2 aromatic rings. The van der Waals surface area contributed by atoms with Crippen molar-refractivity contribution in [1.29, 1.82) is 0 Å². The molecule has 0 aliphatic rings. The molecule has 0 aliphatic heterocycles. The molecule has 0 saturated carbocycles. The highest BCUT2D eigenvalue weighted by Crippen LogP contribution is 2.21. The van der Waals surface area contributed by atoms with Gasteiger partial charge in [0.2, 0.25) is 0 Å². The van der Waals surface area contributed by atoms with Crippen LogP contribution in [0.15, 0.2) is 53.6 Å². The van der Waals surface area contributed by atoms with E-state index in [0.717, 1.165) is 17.0 Å². The minimum atomic E-state index is 0.606. The van der Waals surface area contributed by atoms with Gasteiger partial charge in [0.1, 0.15) is 5.75 Å². The summed E-state index contributed by atoms with van der Waals surface area (Å²) < 4.78 is 5.52. The van der Waals surface area contributed by atoms with Gasteiger partial charge in [-0.2, -0.15) is 5.10 Å². The Kier molecular flexibility index (Phi) is 4.81. The Labute approximate surface area is 117 Å². The minimum Gasteiger partial charge on any atom is -0.493 e. The third-order valence-electron chi connectivity index (χ3n) is 2.44. The molecule has 4 heteroatoms. The quantitative estimate of drug-likeness (QED) is 0.655. The molecule has 3 nitrogen and oxygen atoms in total. The molecule has 0 bridgehead atoms. The lowest BCUT2D eigenvalue weighted by atomic mass is 10.2. The molecule has 0 amide bonds. The number of ether oxygens (including phenoxy) is 1. The molecule has 0 aliphatic carbocycles. The monoisotopic (exact) mass is 274 g/mol. The van der Waals surface area contributed by atoms with Crippen molar-refractivity contribution in [3.63, 3.8) is 0 Å². The molecule has 0 saturated heterocycles. The summed E-state index contributed by atoms with van der Waals surface area (Å²) in [6, 6.07) is 15.2. The topological polar surface area (TPSA) is 33.6 Å². The van der Waals surface area contributed by atoms with E-state index in [1.165, 1.54) is 0 Å². The molecular formula is C15H15ClN2O. The molecule has 2 rings (SSSR count). The predicted octanol–water partition coefficient (Wildman–Crippen LogP) is 4.18. The number of para-hydroxylation sites is 1. The standard InChI is InChI=1S/C15H15ClN2O/c1-2-19-15-9-8-13(16)10-12(15)11-17-18-14-6-4-3-5-7-14/h3-11,18H,2H2,1H3/b17-11-. The molecule has 19 heavy (non-hydrogen) atoms. The van der Waals surface area contributed by atoms with Crippen LogP contribution >= 0.6 is 11.6 Å². The average Bonchev–Trinajstić information content (AvgIpc) is 2.43. The fraction of sp³-hybridized carbons (Fsp3) is 0.133. The number of rotatable bonds is 5. The maximum atomic E-state index is 5.98. The third kappa shape index (κ3) is 4.00. The molecule has 0 unspecified atom stereocenters. The summed E-state index contributed by atoms with van der Waals surface area (Å²) in [6.45, 7) is 2.55. The Bertz CT molecular complexity index is 555. The van der Waals surface area contributed by atoms with Crippen LogP contribution < -0.4 is 10.2 Å². The van der Waals surface area contributed by atoms with E-state index in [-0.39, 0.29) is 0 Å². The second kappa shape index (κ2) is 6.81. The molecule has 0 fully saturated rings. The van der Waals surface area contributed by atoms with E-state index in [2.05, 4.69) is 10.5 Å². The Morgan fingerprint density at radius 3 is 2.74 bits per heavy atom. The van der Waals surface area contributed by atoms with Crippen LogP contribution in [0.25, 0.3) is 0 Å². The van der Waals surface area contributed by atoms with Crippen LogP contribution in [-0.2, 0) is 0 Å². The maximum absolute atomic E-state index is 5.98. The number of hydrazone groups is 1. The van der Waals surface area contributed by atoms with Crippen molar-refractivity contribution in [1.82, 2.24) is 0 Å². The maximum Gasteiger partial charge on any atom is 0.128 e. The van der Waals surface area contributed by atoms with E-state index < -0.39 is 0 Å².